The zero-order valence-electron chi connectivity index (χ0n) is 21.1. The quantitative estimate of drug-likeness (QED) is 0.325. The fourth-order valence-electron chi connectivity index (χ4n) is 4.92. The number of nitrogens with zero attached hydrogens (tertiary/aromatic N) is 2. The van der Waals surface area contributed by atoms with Gasteiger partial charge in [0.05, 0.1) is 11.1 Å². The summed E-state index contributed by atoms with van der Waals surface area (Å²) in [5, 5.41) is 22.3. The van der Waals surface area contributed by atoms with Crippen molar-refractivity contribution in [3.63, 3.8) is 0 Å². The number of carbonyl (C=O) groups is 3. The molecule has 8 heteroatoms. The molecule has 0 radical (unpaired) electrons. The van der Waals surface area contributed by atoms with Crippen molar-refractivity contribution < 1.29 is 24.6 Å². The molecule has 192 valence electrons. The minimum absolute atomic E-state index is 0.0178. The van der Waals surface area contributed by atoms with Crippen LogP contribution in [0.1, 0.15) is 85.0 Å². The van der Waals surface area contributed by atoms with E-state index in [9.17, 15) is 24.6 Å². The molecule has 2 aliphatic rings. The average Bonchev–Trinajstić information content (AvgIpc) is 2.81. The van der Waals surface area contributed by atoms with E-state index in [0.717, 1.165) is 25.9 Å². The molecule has 0 saturated carbocycles. The highest BCUT2D eigenvalue weighted by molar-refractivity contribution is 5.94. The van der Waals surface area contributed by atoms with Gasteiger partial charge in [-0.3, -0.25) is 4.79 Å². The van der Waals surface area contributed by atoms with Crippen LogP contribution in [-0.4, -0.2) is 70.1 Å². The predicted molar refractivity (Wildman–Crippen MR) is 132 cm³/mol. The lowest BCUT2D eigenvalue weighted by Gasteiger charge is -2.41. The third-order valence-corrected chi connectivity index (χ3v) is 7.16. The molecule has 1 saturated heterocycles. The van der Waals surface area contributed by atoms with E-state index in [4.69, 9.17) is 0 Å². The first kappa shape index (κ1) is 27.9. The van der Waals surface area contributed by atoms with Crippen LogP contribution in [0.4, 0.5) is 0 Å². The Balaban J connectivity index is 1.94. The highest BCUT2D eigenvalue weighted by Crippen LogP contribution is 2.27. The molecule has 1 fully saturated rings. The molecule has 2 aliphatic heterocycles. The number of carboxylic acid groups (broad SMARTS) is 2. The predicted octanol–water partition coefficient (Wildman–Crippen LogP) is 3.99. The molecular formula is C26H43N3O5. The number of nitrogens with one attached hydrogen (secondary N) is 1. The molecule has 0 aliphatic carbocycles. The van der Waals surface area contributed by atoms with Gasteiger partial charge in [0, 0.05) is 44.0 Å². The lowest BCUT2D eigenvalue weighted by Crippen LogP contribution is -2.57. The second-order valence-corrected chi connectivity index (χ2v) is 9.73. The molecule has 34 heavy (non-hydrogen) atoms. The third kappa shape index (κ3) is 8.15. The van der Waals surface area contributed by atoms with Crippen LogP contribution in [0.2, 0.25) is 0 Å². The van der Waals surface area contributed by atoms with Gasteiger partial charge in [-0.2, -0.15) is 0 Å². The number of unbranched alkanes of at least 4 members (excludes halogenated alkanes) is 7. The molecule has 3 N–H and O–H groups in total. The molecule has 0 aromatic heterocycles. The number of hydrogen-bond donors (Lipinski definition) is 3. The number of carboxylic acids is 2. The van der Waals surface area contributed by atoms with E-state index in [-0.39, 0.29) is 36.1 Å². The fraction of sp³-hybridized carbons (Fsp3) is 0.731. The van der Waals surface area contributed by atoms with Crippen molar-refractivity contribution in [1.29, 1.82) is 0 Å². The molecule has 2 atom stereocenters. The maximum absolute atomic E-state index is 13.3. The molecule has 8 nitrogen and oxygen atoms in total. The number of aliphatic carboxylic acids is 2. The zero-order valence-corrected chi connectivity index (χ0v) is 21.1. The molecule has 2 rings (SSSR count). The molecule has 1 amide bonds. The van der Waals surface area contributed by atoms with Gasteiger partial charge in [0.2, 0.25) is 5.91 Å². The normalized spacial score (nSPS) is 19.7. The smallest absolute Gasteiger partial charge is 0.333 e. The summed E-state index contributed by atoms with van der Waals surface area (Å²) in [6.07, 6.45) is 12.5. The van der Waals surface area contributed by atoms with E-state index in [2.05, 4.69) is 19.2 Å². The minimum Gasteiger partial charge on any atom is -0.478 e. The van der Waals surface area contributed by atoms with E-state index in [1.54, 1.807) is 6.92 Å². The third-order valence-electron chi connectivity index (χ3n) is 7.16. The lowest BCUT2D eigenvalue weighted by molar-refractivity contribution is -0.137. The Kier molecular flexibility index (Phi) is 11.6. The standard InChI is InChI=1S/C26H43N3O5/c1-4-5-6-7-8-9-10-11-12-19(2)23-16-27-13-14-29(23)24(30)18-28-17-21(25(31)32)15-22(20(28)3)26(33)34/h17,19,23,27H,4-16,18H2,1-3H3,(H,31,32)(H,33,34). The molecule has 0 spiro atoms. The summed E-state index contributed by atoms with van der Waals surface area (Å²) >= 11 is 0. The van der Waals surface area contributed by atoms with Gasteiger partial charge >= 0.3 is 11.9 Å². The Morgan fingerprint density at radius 3 is 2.32 bits per heavy atom. The van der Waals surface area contributed by atoms with Gasteiger partial charge in [0.15, 0.2) is 0 Å². The van der Waals surface area contributed by atoms with Crippen molar-refractivity contribution in [1.82, 2.24) is 15.1 Å². The minimum atomic E-state index is -1.16. The topological polar surface area (TPSA) is 110 Å². The second-order valence-electron chi connectivity index (χ2n) is 9.73. The Morgan fingerprint density at radius 1 is 1.06 bits per heavy atom. The Bertz CT molecular complexity index is 776. The highest BCUT2D eigenvalue weighted by Gasteiger charge is 2.33. The summed E-state index contributed by atoms with van der Waals surface area (Å²) < 4.78 is 0. The van der Waals surface area contributed by atoms with Gasteiger partial charge in [0.25, 0.3) is 0 Å². The number of amides is 1. The first-order valence-electron chi connectivity index (χ1n) is 12.9. The Hall–Kier alpha value is -2.35. The van der Waals surface area contributed by atoms with Gasteiger partial charge in [0.1, 0.15) is 6.54 Å². The SMILES string of the molecule is CCCCCCCCCCC(C)C1CNCCN1C(=O)CN1C=C(C(=O)O)CC(C(=O)O)=C1C. The maximum atomic E-state index is 13.3. The fourth-order valence-corrected chi connectivity index (χ4v) is 4.92. The van der Waals surface area contributed by atoms with Crippen LogP contribution in [-0.2, 0) is 14.4 Å². The molecule has 0 aromatic carbocycles. The van der Waals surface area contributed by atoms with Crippen LogP contribution in [0, 0.1) is 5.92 Å². The van der Waals surface area contributed by atoms with E-state index >= 15 is 0 Å². The van der Waals surface area contributed by atoms with Gasteiger partial charge < -0.3 is 25.3 Å². The summed E-state index contributed by atoms with van der Waals surface area (Å²) in [5.41, 5.74) is 0.424. The summed E-state index contributed by atoms with van der Waals surface area (Å²) in [6.45, 7) is 8.08. The monoisotopic (exact) mass is 477 g/mol. The van der Waals surface area contributed by atoms with E-state index in [0.29, 0.717) is 18.2 Å². The molecular weight excluding hydrogens is 434 g/mol. The van der Waals surface area contributed by atoms with E-state index in [1.807, 2.05) is 4.90 Å². The first-order chi connectivity index (χ1) is 16.3. The van der Waals surface area contributed by atoms with Crippen molar-refractivity contribution in [2.45, 2.75) is 91.0 Å². The number of rotatable bonds is 14. The second kappa shape index (κ2) is 14.1. The summed E-state index contributed by atoms with van der Waals surface area (Å²) in [6, 6.07) is 0.0850. The zero-order chi connectivity index (χ0) is 25.1. The molecule has 0 aromatic rings. The van der Waals surface area contributed by atoms with Crippen LogP contribution >= 0.6 is 0 Å². The number of piperazine rings is 1. The van der Waals surface area contributed by atoms with Crippen molar-refractivity contribution in [2.24, 2.45) is 5.92 Å². The summed E-state index contributed by atoms with van der Waals surface area (Å²) in [5.74, 6) is -2.06. The Morgan fingerprint density at radius 2 is 1.71 bits per heavy atom. The van der Waals surface area contributed by atoms with Crippen molar-refractivity contribution in [3.8, 4) is 0 Å². The van der Waals surface area contributed by atoms with Gasteiger partial charge in [-0.25, -0.2) is 9.59 Å². The van der Waals surface area contributed by atoms with Gasteiger partial charge in [-0.05, 0) is 19.3 Å². The van der Waals surface area contributed by atoms with Gasteiger partial charge in [-0.1, -0.05) is 65.2 Å². The maximum Gasteiger partial charge on any atom is 0.333 e. The Labute approximate surface area is 204 Å². The van der Waals surface area contributed by atoms with Crippen LogP contribution in [0.3, 0.4) is 0 Å². The molecule has 2 heterocycles. The van der Waals surface area contributed by atoms with Crippen molar-refractivity contribution >= 4 is 17.8 Å². The van der Waals surface area contributed by atoms with Crippen molar-refractivity contribution in [2.75, 3.05) is 26.2 Å². The molecule has 0 bridgehead atoms. The van der Waals surface area contributed by atoms with Crippen LogP contribution < -0.4 is 5.32 Å². The van der Waals surface area contributed by atoms with Crippen LogP contribution in [0.15, 0.2) is 23.0 Å². The first-order valence-corrected chi connectivity index (χ1v) is 12.9. The van der Waals surface area contributed by atoms with E-state index in [1.165, 1.54) is 56.0 Å². The number of allylic oxidation sites excluding steroid dienone is 1. The summed E-state index contributed by atoms with van der Waals surface area (Å²) in [4.78, 5) is 39.8. The van der Waals surface area contributed by atoms with Gasteiger partial charge in [-0.15, -0.1) is 0 Å². The van der Waals surface area contributed by atoms with Crippen LogP contribution in [0.5, 0.6) is 0 Å². The van der Waals surface area contributed by atoms with E-state index < -0.39 is 11.9 Å². The van der Waals surface area contributed by atoms with Crippen LogP contribution in [0.25, 0.3) is 0 Å². The number of carbonyl (C=O) groups excluding carboxylic acids is 1. The lowest BCUT2D eigenvalue weighted by atomic mass is 9.92. The summed E-state index contributed by atoms with van der Waals surface area (Å²) in [7, 11) is 0. The molecule has 2 unspecified atom stereocenters. The number of hydrogen-bond acceptors (Lipinski definition) is 5. The largest absolute Gasteiger partial charge is 0.478 e. The van der Waals surface area contributed by atoms with Crippen molar-refractivity contribution in [3.05, 3.63) is 23.0 Å². The highest BCUT2D eigenvalue weighted by atomic mass is 16.4. The average molecular weight is 478 g/mol.